The number of carbonyl (C=O) groups excluding carboxylic acids is 2. The summed E-state index contributed by atoms with van der Waals surface area (Å²) in [6.45, 7) is 3.84. The van der Waals surface area contributed by atoms with E-state index in [1.54, 1.807) is 40.3 Å². The van der Waals surface area contributed by atoms with E-state index in [1.807, 2.05) is 50.2 Å². The highest BCUT2D eigenvalue weighted by molar-refractivity contribution is 7.18. The Kier molecular flexibility index (Phi) is 5.63. The molecule has 0 aliphatic heterocycles. The van der Waals surface area contributed by atoms with Crippen LogP contribution in [-0.2, 0) is 11.2 Å². The highest BCUT2D eigenvalue weighted by atomic mass is 32.1. The molecule has 152 valence electrons. The normalized spacial score (nSPS) is 10.9. The topological polar surface area (TPSA) is 73.2 Å². The molecule has 2 aromatic carbocycles. The molecule has 0 bridgehead atoms. The minimum Gasteiger partial charge on any atom is -0.427 e. The fraction of sp³-hybridized carbons (Fsp3) is 0.174. The van der Waals surface area contributed by atoms with E-state index in [2.05, 4.69) is 10.4 Å². The number of carbonyl (C=O) groups is 2. The molecule has 0 saturated carbocycles. The van der Waals surface area contributed by atoms with Gasteiger partial charge in [-0.05, 0) is 62.4 Å². The lowest BCUT2D eigenvalue weighted by molar-refractivity contribution is -0.134. The van der Waals surface area contributed by atoms with E-state index in [-0.39, 0.29) is 18.3 Å². The molecule has 0 spiro atoms. The smallest absolute Gasteiger partial charge is 0.311 e. The van der Waals surface area contributed by atoms with Crippen molar-refractivity contribution in [1.82, 2.24) is 9.66 Å². The summed E-state index contributed by atoms with van der Waals surface area (Å²) < 4.78 is 8.24. The predicted molar refractivity (Wildman–Crippen MR) is 118 cm³/mol. The summed E-state index contributed by atoms with van der Waals surface area (Å²) in [5.74, 6) is -0.148. The van der Waals surface area contributed by atoms with Crippen LogP contribution in [0.1, 0.15) is 33.2 Å². The number of esters is 1. The van der Waals surface area contributed by atoms with Gasteiger partial charge in [-0.15, -0.1) is 11.3 Å². The molecular formula is C23H21N3O3S. The standard InChI is InChI=1S/C23H21N3O3S/c1-15-7-8-16(2)26(15)25-23(28)17-9-11-18(12-10-17)29-22(27)14-13-21-24-19-5-3-4-6-20(19)30-21/h3-12H,13-14H2,1-2H3,(H,25,28). The lowest BCUT2D eigenvalue weighted by Crippen LogP contribution is -2.24. The Morgan fingerprint density at radius 3 is 2.40 bits per heavy atom. The molecule has 1 N–H and O–H groups in total. The van der Waals surface area contributed by atoms with Crippen LogP contribution in [0, 0.1) is 13.8 Å². The monoisotopic (exact) mass is 419 g/mol. The number of benzene rings is 2. The van der Waals surface area contributed by atoms with E-state index in [4.69, 9.17) is 4.74 Å². The second-order valence-corrected chi connectivity index (χ2v) is 8.08. The number of aryl methyl sites for hydroxylation is 3. The van der Waals surface area contributed by atoms with Crippen LogP contribution in [0.3, 0.4) is 0 Å². The molecule has 0 atom stereocenters. The number of rotatable bonds is 6. The Bertz CT molecular complexity index is 1160. The third-order valence-corrected chi connectivity index (χ3v) is 5.81. The molecule has 7 heteroatoms. The summed E-state index contributed by atoms with van der Waals surface area (Å²) >= 11 is 1.59. The zero-order valence-corrected chi connectivity index (χ0v) is 17.5. The van der Waals surface area contributed by atoms with Gasteiger partial charge in [-0.2, -0.15) is 0 Å². The predicted octanol–water partition coefficient (Wildman–Crippen LogP) is 4.64. The van der Waals surface area contributed by atoms with Crippen LogP contribution in [0.4, 0.5) is 0 Å². The van der Waals surface area contributed by atoms with Crippen molar-refractivity contribution in [3.63, 3.8) is 0 Å². The van der Waals surface area contributed by atoms with Crippen molar-refractivity contribution in [3.8, 4) is 5.75 Å². The number of hydrogen-bond acceptors (Lipinski definition) is 5. The molecule has 0 fully saturated rings. The van der Waals surface area contributed by atoms with Crippen molar-refractivity contribution in [1.29, 1.82) is 0 Å². The van der Waals surface area contributed by atoms with Gasteiger partial charge in [0.25, 0.3) is 5.91 Å². The fourth-order valence-electron chi connectivity index (χ4n) is 3.10. The van der Waals surface area contributed by atoms with Crippen LogP contribution in [0.2, 0.25) is 0 Å². The summed E-state index contributed by atoms with van der Waals surface area (Å²) in [4.78, 5) is 29.1. The van der Waals surface area contributed by atoms with Gasteiger partial charge in [0.15, 0.2) is 0 Å². The van der Waals surface area contributed by atoms with Crippen LogP contribution < -0.4 is 10.2 Å². The van der Waals surface area contributed by atoms with E-state index in [9.17, 15) is 9.59 Å². The number of fused-ring (bicyclic) bond motifs is 1. The van der Waals surface area contributed by atoms with Crippen molar-refractivity contribution in [2.45, 2.75) is 26.7 Å². The number of aromatic nitrogens is 2. The number of hydrogen-bond donors (Lipinski definition) is 1. The van der Waals surface area contributed by atoms with Crippen LogP contribution in [-0.4, -0.2) is 21.5 Å². The van der Waals surface area contributed by atoms with Crippen LogP contribution in [0.5, 0.6) is 5.75 Å². The molecule has 0 unspecified atom stereocenters. The first-order chi connectivity index (χ1) is 14.5. The minimum absolute atomic E-state index is 0.230. The molecular weight excluding hydrogens is 398 g/mol. The molecule has 4 rings (SSSR count). The van der Waals surface area contributed by atoms with Crippen LogP contribution in [0.25, 0.3) is 10.2 Å². The van der Waals surface area contributed by atoms with Gasteiger partial charge in [-0.25, -0.2) is 4.98 Å². The number of ether oxygens (including phenoxy) is 1. The Morgan fingerprint density at radius 2 is 1.70 bits per heavy atom. The molecule has 0 aliphatic rings. The van der Waals surface area contributed by atoms with Crippen molar-refractivity contribution >= 4 is 33.4 Å². The maximum atomic E-state index is 12.4. The van der Waals surface area contributed by atoms with Crippen molar-refractivity contribution in [3.05, 3.63) is 82.6 Å². The van der Waals surface area contributed by atoms with Crippen LogP contribution in [0.15, 0.2) is 60.7 Å². The third kappa shape index (κ3) is 4.41. The van der Waals surface area contributed by atoms with Crippen LogP contribution >= 0.6 is 11.3 Å². The maximum Gasteiger partial charge on any atom is 0.311 e. The summed E-state index contributed by atoms with van der Waals surface area (Å²) in [6, 6.07) is 18.3. The van der Waals surface area contributed by atoms with Gasteiger partial charge < -0.3 is 4.74 Å². The average molecular weight is 420 g/mol. The molecule has 2 aromatic heterocycles. The van der Waals surface area contributed by atoms with Crippen molar-refractivity contribution in [2.24, 2.45) is 0 Å². The summed E-state index contributed by atoms with van der Waals surface area (Å²) in [5.41, 5.74) is 6.17. The number of para-hydroxylation sites is 1. The molecule has 2 heterocycles. The highest BCUT2D eigenvalue weighted by Gasteiger charge is 2.11. The second kappa shape index (κ2) is 8.51. The van der Waals surface area contributed by atoms with Gasteiger partial charge in [-0.1, -0.05) is 12.1 Å². The van der Waals surface area contributed by atoms with Gasteiger partial charge in [0.05, 0.1) is 21.6 Å². The Morgan fingerprint density at radius 1 is 1.00 bits per heavy atom. The van der Waals surface area contributed by atoms with E-state index in [0.717, 1.165) is 26.6 Å². The minimum atomic E-state index is -0.329. The molecule has 30 heavy (non-hydrogen) atoms. The fourth-order valence-corrected chi connectivity index (χ4v) is 4.07. The van der Waals surface area contributed by atoms with Gasteiger partial charge in [0.1, 0.15) is 5.75 Å². The summed E-state index contributed by atoms with van der Waals surface area (Å²) in [6.07, 6.45) is 0.780. The van der Waals surface area contributed by atoms with E-state index >= 15 is 0 Å². The Balaban J connectivity index is 1.32. The van der Waals surface area contributed by atoms with E-state index < -0.39 is 0 Å². The van der Waals surface area contributed by atoms with Gasteiger partial charge in [0.2, 0.25) is 0 Å². The third-order valence-electron chi connectivity index (χ3n) is 4.71. The molecule has 1 amide bonds. The molecule has 6 nitrogen and oxygen atoms in total. The van der Waals surface area contributed by atoms with E-state index in [0.29, 0.717) is 17.7 Å². The quantitative estimate of drug-likeness (QED) is 0.365. The maximum absolute atomic E-state index is 12.4. The first-order valence-electron chi connectivity index (χ1n) is 9.61. The first-order valence-corrected chi connectivity index (χ1v) is 10.4. The van der Waals surface area contributed by atoms with Crippen molar-refractivity contribution in [2.75, 3.05) is 5.43 Å². The molecule has 0 aliphatic carbocycles. The van der Waals surface area contributed by atoms with Crippen molar-refractivity contribution < 1.29 is 14.3 Å². The number of nitrogens with one attached hydrogen (secondary N) is 1. The molecule has 4 aromatic rings. The zero-order chi connectivity index (χ0) is 21.1. The second-order valence-electron chi connectivity index (χ2n) is 6.97. The lowest BCUT2D eigenvalue weighted by Gasteiger charge is -2.11. The average Bonchev–Trinajstić information content (AvgIpc) is 3.30. The molecule has 0 saturated heterocycles. The lowest BCUT2D eigenvalue weighted by atomic mass is 10.2. The Hall–Kier alpha value is -3.45. The van der Waals surface area contributed by atoms with Gasteiger partial charge in [0, 0.05) is 23.4 Å². The SMILES string of the molecule is Cc1ccc(C)n1NC(=O)c1ccc(OC(=O)CCc2nc3ccccc3s2)cc1. The summed E-state index contributed by atoms with van der Waals surface area (Å²) in [5, 5.41) is 0.913. The summed E-state index contributed by atoms with van der Waals surface area (Å²) in [7, 11) is 0. The largest absolute Gasteiger partial charge is 0.427 e. The number of nitrogens with zero attached hydrogens (tertiary/aromatic N) is 2. The number of thiazole rings is 1. The highest BCUT2D eigenvalue weighted by Crippen LogP contribution is 2.22. The van der Waals surface area contributed by atoms with E-state index in [1.165, 1.54) is 0 Å². The van der Waals surface area contributed by atoms with Gasteiger partial charge in [-0.3, -0.25) is 19.7 Å². The van der Waals surface area contributed by atoms with Gasteiger partial charge >= 0.3 is 5.97 Å². The Labute approximate surface area is 178 Å². The molecule has 0 radical (unpaired) electrons. The first kappa shape index (κ1) is 19.8. The zero-order valence-electron chi connectivity index (χ0n) is 16.7. The number of amides is 1.